The summed E-state index contributed by atoms with van der Waals surface area (Å²) in [6.45, 7) is 6.69. The lowest BCUT2D eigenvalue weighted by atomic mass is 10.1. The highest BCUT2D eigenvalue weighted by molar-refractivity contribution is 5.15. The van der Waals surface area contributed by atoms with E-state index in [0.29, 0.717) is 12.1 Å². The molecule has 3 aliphatic rings. The van der Waals surface area contributed by atoms with E-state index in [9.17, 15) is 0 Å². The molecular weight excluding hydrogens is 248 g/mol. The molecule has 3 fully saturated rings. The fraction of sp³-hybridized carbons (Fsp3) is 0.647. The Balaban J connectivity index is 1.41. The van der Waals surface area contributed by atoms with Crippen LogP contribution in [0.2, 0.25) is 0 Å². The Labute approximate surface area is 121 Å². The molecule has 1 saturated carbocycles. The first kappa shape index (κ1) is 12.8. The number of ether oxygens (including phenoxy) is 1. The molecule has 2 atom stereocenters. The van der Waals surface area contributed by atoms with Gasteiger partial charge in [0.15, 0.2) is 0 Å². The van der Waals surface area contributed by atoms with Gasteiger partial charge in [-0.3, -0.25) is 9.80 Å². The zero-order valence-electron chi connectivity index (χ0n) is 12.1. The average Bonchev–Trinajstić information content (AvgIpc) is 3.17. The van der Waals surface area contributed by atoms with E-state index >= 15 is 0 Å². The molecule has 3 nitrogen and oxygen atoms in total. The van der Waals surface area contributed by atoms with Crippen molar-refractivity contribution in [1.82, 2.24) is 9.80 Å². The number of fused-ring (bicyclic) bond motifs is 1. The van der Waals surface area contributed by atoms with Crippen LogP contribution in [0.1, 0.15) is 18.4 Å². The van der Waals surface area contributed by atoms with Gasteiger partial charge in [0.2, 0.25) is 0 Å². The summed E-state index contributed by atoms with van der Waals surface area (Å²) in [6.07, 6.45) is 3.33. The number of nitrogens with zero attached hydrogens (tertiary/aromatic N) is 2. The summed E-state index contributed by atoms with van der Waals surface area (Å²) < 4.78 is 6.02. The summed E-state index contributed by atoms with van der Waals surface area (Å²) in [4.78, 5) is 5.27. The Morgan fingerprint density at radius 2 is 1.95 bits per heavy atom. The molecule has 0 amide bonds. The highest BCUT2D eigenvalue weighted by atomic mass is 16.5. The molecule has 0 bridgehead atoms. The monoisotopic (exact) mass is 272 g/mol. The lowest BCUT2D eigenvalue weighted by Gasteiger charge is -2.37. The number of hydrogen-bond donors (Lipinski definition) is 0. The predicted octanol–water partition coefficient (Wildman–Crippen LogP) is 1.98. The number of morpholine rings is 1. The molecule has 2 heterocycles. The van der Waals surface area contributed by atoms with Crippen molar-refractivity contribution in [2.24, 2.45) is 5.92 Å². The second kappa shape index (κ2) is 5.47. The maximum absolute atomic E-state index is 6.02. The van der Waals surface area contributed by atoms with Crippen LogP contribution >= 0.6 is 0 Å². The van der Waals surface area contributed by atoms with Gasteiger partial charge in [0.1, 0.15) is 0 Å². The third-order valence-electron chi connectivity index (χ3n) is 4.93. The minimum atomic E-state index is 0.436. The van der Waals surface area contributed by atoms with Crippen LogP contribution in [-0.2, 0) is 11.3 Å². The molecule has 1 aliphatic carbocycles. The second-order valence-corrected chi connectivity index (χ2v) is 6.59. The summed E-state index contributed by atoms with van der Waals surface area (Å²) in [5, 5.41) is 0. The summed E-state index contributed by atoms with van der Waals surface area (Å²) in [7, 11) is 0. The van der Waals surface area contributed by atoms with E-state index in [1.165, 1.54) is 31.5 Å². The maximum Gasteiger partial charge on any atom is 0.0870 e. The average molecular weight is 272 g/mol. The molecule has 4 rings (SSSR count). The van der Waals surface area contributed by atoms with Crippen LogP contribution < -0.4 is 0 Å². The van der Waals surface area contributed by atoms with Gasteiger partial charge < -0.3 is 4.74 Å². The number of benzene rings is 1. The highest BCUT2D eigenvalue weighted by Crippen LogP contribution is 2.32. The maximum atomic E-state index is 6.02. The van der Waals surface area contributed by atoms with Crippen molar-refractivity contribution < 1.29 is 4.74 Å². The number of likely N-dealkylation sites (tertiary alicyclic amines) is 1. The fourth-order valence-electron chi connectivity index (χ4n) is 3.66. The molecule has 0 aromatic heterocycles. The van der Waals surface area contributed by atoms with Gasteiger partial charge in [-0.05, 0) is 24.3 Å². The van der Waals surface area contributed by atoms with Gasteiger partial charge in [-0.2, -0.15) is 0 Å². The Morgan fingerprint density at radius 3 is 2.75 bits per heavy atom. The van der Waals surface area contributed by atoms with Gasteiger partial charge in [-0.1, -0.05) is 30.3 Å². The van der Waals surface area contributed by atoms with E-state index in [4.69, 9.17) is 4.74 Å². The molecule has 2 unspecified atom stereocenters. The quantitative estimate of drug-likeness (QED) is 0.833. The Kier molecular flexibility index (Phi) is 3.51. The van der Waals surface area contributed by atoms with Gasteiger partial charge in [-0.25, -0.2) is 0 Å². The third kappa shape index (κ3) is 2.76. The van der Waals surface area contributed by atoms with E-state index in [-0.39, 0.29) is 0 Å². The minimum Gasteiger partial charge on any atom is -0.374 e. The summed E-state index contributed by atoms with van der Waals surface area (Å²) >= 11 is 0. The molecule has 20 heavy (non-hydrogen) atoms. The lowest BCUT2D eigenvalue weighted by molar-refractivity contribution is -0.0504. The molecule has 2 aliphatic heterocycles. The second-order valence-electron chi connectivity index (χ2n) is 6.59. The third-order valence-corrected chi connectivity index (χ3v) is 4.93. The van der Waals surface area contributed by atoms with Crippen molar-refractivity contribution in [3.05, 3.63) is 35.9 Å². The van der Waals surface area contributed by atoms with Gasteiger partial charge in [0.25, 0.3) is 0 Å². The van der Waals surface area contributed by atoms with Crippen molar-refractivity contribution in [3.8, 4) is 0 Å². The normalized spacial score (nSPS) is 31.4. The SMILES string of the molecule is c1ccc(CN2CCOC3CN(CC4CC4)CC32)cc1. The number of rotatable bonds is 4. The molecule has 108 valence electrons. The smallest absolute Gasteiger partial charge is 0.0870 e. The topological polar surface area (TPSA) is 15.7 Å². The summed E-state index contributed by atoms with van der Waals surface area (Å²) in [6, 6.07) is 11.5. The van der Waals surface area contributed by atoms with Crippen molar-refractivity contribution in [3.63, 3.8) is 0 Å². The van der Waals surface area contributed by atoms with Crippen LogP contribution in [0.4, 0.5) is 0 Å². The Hall–Kier alpha value is -0.900. The first-order valence-electron chi connectivity index (χ1n) is 8.00. The summed E-state index contributed by atoms with van der Waals surface area (Å²) in [5.41, 5.74) is 1.42. The van der Waals surface area contributed by atoms with E-state index in [2.05, 4.69) is 40.1 Å². The zero-order valence-corrected chi connectivity index (χ0v) is 12.1. The number of hydrogen-bond acceptors (Lipinski definition) is 3. The molecular formula is C17H24N2O. The van der Waals surface area contributed by atoms with E-state index in [1.807, 2.05) is 0 Å². The molecule has 0 N–H and O–H groups in total. The van der Waals surface area contributed by atoms with Crippen LogP contribution in [0.15, 0.2) is 30.3 Å². The van der Waals surface area contributed by atoms with E-state index < -0.39 is 0 Å². The van der Waals surface area contributed by atoms with Crippen LogP contribution in [0.3, 0.4) is 0 Å². The lowest BCUT2D eigenvalue weighted by Crippen LogP contribution is -2.50. The van der Waals surface area contributed by atoms with Crippen molar-refractivity contribution in [1.29, 1.82) is 0 Å². The molecule has 0 spiro atoms. The molecule has 2 saturated heterocycles. The Morgan fingerprint density at radius 1 is 1.10 bits per heavy atom. The molecule has 1 aromatic rings. The Bertz CT molecular complexity index is 446. The van der Waals surface area contributed by atoms with E-state index in [0.717, 1.165) is 32.2 Å². The van der Waals surface area contributed by atoms with Crippen molar-refractivity contribution >= 4 is 0 Å². The molecule has 1 aromatic carbocycles. The highest BCUT2D eigenvalue weighted by Gasteiger charge is 2.41. The fourth-order valence-corrected chi connectivity index (χ4v) is 3.66. The van der Waals surface area contributed by atoms with Gasteiger partial charge in [0, 0.05) is 32.7 Å². The van der Waals surface area contributed by atoms with Crippen LogP contribution in [0.5, 0.6) is 0 Å². The summed E-state index contributed by atoms with van der Waals surface area (Å²) in [5.74, 6) is 0.984. The molecule has 3 heteroatoms. The van der Waals surface area contributed by atoms with E-state index in [1.54, 1.807) is 0 Å². The first-order chi connectivity index (χ1) is 9.88. The standard InChI is InChI=1S/C17H24N2O/c1-2-4-14(5-3-1)11-19-8-9-20-17-13-18(12-16(17)19)10-15-6-7-15/h1-5,15-17H,6-13H2. The van der Waals surface area contributed by atoms with Gasteiger partial charge in [-0.15, -0.1) is 0 Å². The molecule has 0 radical (unpaired) electrons. The first-order valence-corrected chi connectivity index (χ1v) is 8.00. The van der Waals surface area contributed by atoms with Crippen LogP contribution in [0, 0.1) is 5.92 Å². The van der Waals surface area contributed by atoms with Gasteiger partial charge >= 0.3 is 0 Å². The van der Waals surface area contributed by atoms with Crippen molar-refractivity contribution in [2.75, 3.05) is 32.8 Å². The van der Waals surface area contributed by atoms with Gasteiger partial charge in [0.05, 0.1) is 18.8 Å². The van der Waals surface area contributed by atoms with Crippen LogP contribution in [-0.4, -0.2) is 54.7 Å². The predicted molar refractivity (Wildman–Crippen MR) is 79.5 cm³/mol. The minimum absolute atomic E-state index is 0.436. The van der Waals surface area contributed by atoms with Crippen LogP contribution in [0.25, 0.3) is 0 Å². The zero-order chi connectivity index (χ0) is 13.4. The largest absolute Gasteiger partial charge is 0.374 e. The van der Waals surface area contributed by atoms with Crippen molar-refractivity contribution in [2.45, 2.75) is 31.5 Å².